The van der Waals surface area contributed by atoms with E-state index in [0.717, 1.165) is 31.2 Å². The number of sulfonamides is 1. The molecule has 1 aliphatic heterocycles. The number of likely N-dealkylation sites (tertiary alicyclic amines) is 1. The molecule has 0 bridgehead atoms. The number of carbonyl (C=O) groups is 4. The van der Waals surface area contributed by atoms with Gasteiger partial charge in [0.25, 0.3) is 5.91 Å². The lowest BCUT2D eigenvalue weighted by molar-refractivity contribution is -0.142. The molecule has 3 aliphatic carbocycles. The number of nitrogens with zero attached hydrogens (tertiary/aromatic N) is 4. The van der Waals surface area contributed by atoms with Crippen LogP contribution < -0.4 is 15.4 Å². The van der Waals surface area contributed by atoms with Crippen molar-refractivity contribution in [2.24, 2.45) is 11.3 Å². The Labute approximate surface area is 284 Å². The van der Waals surface area contributed by atoms with Gasteiger partial charge in [0.2, 0.25) is 21.8 Å². The maximum atomic E-state index is 14.4. The Hall–Kier alpha value is -3.79. The van der Waals surface area contributed by atoms with Crippen molar-refractivity contribution >= 4 is 45.2 Å². The fourth-order valence-electron chi connectivity index (χ4n) is 6.64. The molecule has 48 heavy (non-hydrogen) atoms. The number of hydrogen-bond donors (Lipinski definition) is 3. The topological polar surface area (TPSA) is 182 Å². The van der Waals surface area contributed by atoms with Gasteiger partial charge in [0.05, 0.1) is 17.5 Å². The van der Waals surface area contributed by atoms with E-state index in [9.17, 15) is 27.6 Å². The standard InChI is InChI=1S/C32H43N7O7S2/c1-5-20-15-32(20,29(42)36-48(44,45)23-10-11-23)34-27(40)25-14-21(39-17-24(35-37-39)19-12-13-47-18-19)16-38(25)28(41)26(31(2,3)4)33-30(43)46-22-8-6-7-9-22/h5,12-13,17-18,20-23,25-26H,1,6-11,14-16H2,2-4H3,(H,33,43)(H,34,40)(H,36,42)/t20-,21-,25+,26-,32-/m1/s1. The van der Waals surface area contributed by atoms with Crippen LogP contribution in [0.2, 0.25) is 0 Å². The minimum Gasteiger partial charge on any atom is -0.446 e. The molecule has 0 radical (unpaired) electrons. The van der Waals surface area contributed by atoms with Gasteiger partial charge in [-0.15, -0.1) is 11.7 Å². The Morgan fingerprint density at radius 2 is 1.90 bits per heavy atom. The van der Waals surface area contributed by atoms with Crippen LogP contribution in [0.1, 0.15) is 78.2 Å². The number of thiophene rings is 1. The highest BCUT2D eigenvalue weighted by atomic mass is 32.2. The highest BCUT2D eigenvalue weighted by Crippen LogP contribution is 2.46. The molecular weight excluding hydrogens is 659 g/mol. The molecule has 5 atom stereocenters. The zero-order valence-electron chi connectivity index (χ0n) is 27.4. The first-order chi connectivity index (χ1) is 22.7. The molecule has 1 saturated heterocycles. The van der Waals surface area contributed by atoms with E-state index in [1.807, 2.05) is 37.6 Å². The predicted molar refractivity (Wildman–Crippen MR) is 177 cm³/mol. The van der Waals surface area contributed by atoms with Gasteiger partial charge in [0.15, 0.2) is 0 Å². The zero-order valence-corrected chi connectivity index (χ0v) is 29.0. The van der Waals surface area contributed by atoms with Crippen molar-refractivity contribution in [1.82, 2.24) is 35.2 Å². The highest BCUT2D eigenvalue weighted by molar-refractivity contribution is 7.91. The maximum absolute atomic E-state index is 14.4. The summed E-state index contributed by atoms with van der Waals surface area (Å²) >= 11 is 1.52. The third kappa shape index (κ3) is 7.00. The Balaban J connectivity index is 1.26. The molecule has 3 heterocycles. The predicted octanol–water partition coefficient (Wildman–Crippen LogP) is 2.90. The lowest BCUT2D eigenvalue weighted by atomic mass is 9.85. The number of nitrogens with one attached hydrogen (secondary N) is 3. The molecule has 16 heteroatoms. The summed E-state index contributed by atoms with van der Waals surface area (Å²) in [7, 11) is -3.87. The van der Waals surface area contributed by atoms with E-state index in [-0.39, 0.29) is 25.5 Å². The molecule has 260 valence electrons. The SMILES string of the molecule is C=C[C@@H]1C[C@]1(NC(=O)[C@@H]1C[C@@H](n2cc(-c3ccsc3)nn2)CN1C(=O)[C@@H](NC(=O)OC1CCCC1)C(C)(C)C)C(=O)NS(=O)(=O)C1CC1. The van der Waals surface area contributed by atoms with E-state index in [2.05, 4.69) is 32.2 Å². The molecule has 14 nitrogen and oxygen atoms in total. The third-order valence-electron chi connectivity index (χ3n) is 9.77. The van der Waals surface area contributed by atoms with Gasteiger partial charge in [-0.2, -0.15) is 11.3 Å². The summed E-state index contributed by atoms with van der Waals surface area (Å²) in [6.07, 6.45) is 7.13. The fourth-order valence-corrected chi connectivity index (χ4v) is 8.65. The lowest BCUT2D eigenvalue weighted by Crippen LogP contribution is -2.60. The van der Waals surface area contributed by atoms with Gasteiger partial charge in [-0.3, -0.25) is 19.1 Å². The van der Waals surface area contributed by atoms with Crippen LogP contribution in [0.4, 0.5) is 4.79 Å². The Morgan fingerprint density at radius 1 is 1.17 bits per heavy atom. The minimum atomic E-state index is -3.87. The fraction of sp³-hybridized carbons (Fsp3) is 0.625. The minimum absolute atomic E-state index is 0.0788. The second-order valence-corrected chi connectivity index (χ2v) is 17.2. The van der Waals surface area contributed by atoms with E-state index >= 15 is 0 Å². The summed E-state index contributed by atoms with van der Waals surface area (Å²) in [6, 6.07) is -0.640. The number of carbonyl (C=O) groups excluding carboxylic acids is 4. The molecule has 3 saturated carbocycles. The van der Waals surface area contributed by atoms with Gasteiger partial charge >= 0.3 is 6.09 Å². The van der Waals surface area contributed by atoms with Crippen LogP contribution in [-0.4, -0.2) is 87.6 Å². The van der Waals surface area contributed by atoms with Crippen LogP contribution in [0.5, 0.6) is 0 Å². The van der Waals surface area contributed by atoms with Crippen molar-refractivity contribution in [2.75, 3.05) is 6.54 Å². The number of amides is 4. The van der Waals surface area contributed by atoms with Crippen molar-refractivity contribution in [2.45, 2.75) is 107 Å². The van der Waals surface area contributed by atoms with Crippen molar-refractivity contribution in [3.05, 3.63) is 35.7 Å². The molecule has 2 aromatic rings. The number of aromatic nitrogens is 3. The van der Waals surface area contributed by atoms with Crippen molar-refractivity contribution in [3.63, 3.8) is 0 Å². The average molecular weight is 702 g/mol. The summed E-state index contributed by atoms with van der Waals surface area (Å²) in [5.74, 6) is -2.42. The molecule has 4 aliphatic rings. The largest absolute Gasteiger partial charge is 0.446 e. The van der Waals surface area contributed by atoms with Crippen molar-refractivity contribution in [1.29, 1.82) is 0 Å². The van der Waals surface area contributed by atoms with E-state index in [1.54, 1.807) is 10.9 Å². The van der Waals surface area contributed by atoms with Gasteiger partial charge in [-0.05, 0) is 61.8 Å². The molecule has 3 N–H and O–H groups in total. The van der Waals surface area contributed by atoms with Crippen LogP contribution in [-0.2, 0) is 29.1 Å². The van der Waals surface area contributed by atoms with Crippen LogP contribution >= 0.6 is 11.3 Å². The normalized spacial score (nSPS) is 26.5. The Kier molecular flexibility index (Phi) is 9.17. The van der Waals surface area contributed by atoms with E-state index in [4.69, 9.17) is 4.74 Å². The zero-order chi connectivity index (χ0) is 34.4. The molecular formula is C32H43N7O7S2. The summed E-state index contributed by atoms with van der Waals surface area (Å²) in [5, 5.41) is 17.4. The van der Waals surface area contributed by atoms with Gasteiger partial charge in [0, 0.05) is 29.8 Å². The first kappa shape index (κ1) is 34.1. The smallest absolute Gasteiger partial charge is 0.408 e. The second kappa shape index (κ2) is 12.9. The highest BCUT2D eigenvalue weighted by Gasteiger charge is 2.62. The van der Waals surface area contributed by atoms with Crippen molar-refractivity contribution < 1.29 is 32.3 Å². The lowest BCUT2D eigenvalue weighted by Gasteiger charge is -2.35. The van der Waals surface area contributed by atoms with Crippen LogP contribution in [0.15, 0.2) is 35.7 Å². The quantitative estimate of drug-likeness (QED) is 0.297. The summed E-state index contributed by atoms with van der Waals surface area (Å²) in [4.78, 5) is 56.4. The number of rotatable bonds is 11. The molecule has 0 unspecified atom stereocenters. The number of alkyl carbamates (subject to hydrolysis) is 1. The third-order valence-corrected chi connectivity index (χ3v) is 12.3. The first-order valence-corrected chi connectivity index (χ1v) is 18.9. The maximum Gasteiger partial charge on any atom is 0.408 e. The van der Waals surface area contributed by atoms with E-state index in [0.29, 0.717) is 18.5 Å². The molecule has 4 amide bonds. The first-order valence-electron chi connectivity index (χ1n) is 16.4. The Bertz CT molecular complexity index is 1680. The summed E-state index contributed by atoms with van der Waals surface area (Å²) < 4.78 is 34.7. The van der Waals surface area contributed by atoms with Crippen LogP contribution in [0, 0.1) is 11.3 Å². The molecule has 0 aromatic carbocycles. The monoisotopic (exact) mass is 701 g/mol. The Morgan fingerprint density at radius 3 is 2.50 bits per heavy atom. The molecule has 4 fully saturated rings. The van der Waals surface area contributed by atoms with Crippen LogP contribution in [0.25, 0.3) is 11.3 Å². The van der Waals surface area contributed by atoms with Crippen LogP contribution in [0.3, 0.4) is 0 Å². The van der Waals surface area contributed by atoms with E-state index < -0.39 is 74.1 Å². The molecule has 6 rings (SSSR count). The number of ether oxygens (including phenoxy) is 1. The van der Waals surface area contributed by atoms with E-state index in [1.165, 1.54) is 22.3 Å². The number of hydrogen-bond acceptors (Lipinski definition) is 10. The molecule has 0 spiro atoms. The average Bonchev–Trinajstić information content (AvgIpc) is 3.58. The summed E-state index contributed by atoms with van der Waals surface area (Å²) in [6.45, 7) is 9.30. The van der Waals surface area contributed by atoms with Gasteiger partial charge in [0.1, 0.15) is 29.4 Å². The van der Waals surface area contributed by atoms with Gasteiger partial charge in [-0.25, -0.2) is 17.9 Å². The molecule has 2 aromatic heterocycles. The summed E-state index contributed by atoms with van der Waals surface area (Å²) in [5.41, 5.74) is -0.736. The second-order valence-electron chi connectivity index (χ2n) is 14.4. The van der Waals surface area contributed by atoms with Gasteiger partial charge in [-0.1, -0.05) is 32.1 Å². The van der Waals surface area contributed by atoms with Crippen molar-refractivity contribution in [3.8, 4) is 11.3 Å². The van der Waals surface area contributed by atoms with Gasteiger partial charge < -0.3 is 20.3 Å².